The molecule has 2 aromatic carbocycles. The highest BCUT2D eigenvalue weighted by atomic mass is 19.1. The molecule has 0 aliphatic heterocycles. The lowest BCUT2D eigenvalue weighted by atomic mass is 10.0. The van der Waals surface area contributed by atoms with Gasteiger partial charge in [0.15, 0.2) is 0 Å². The molecule has 0 aliphatic carbocycles. The standard InChI is InChI=1S/C27H25FN4O2/c1-17-4-6-23(24(28)8-17)26(15-33)32-14-21(12-29)11-22(27(32)34)10-20-5-7-25(18(2)9-20)31-13-19(3)30-16-31/h4-9,11,13-14,16,26,33H,10,15H2,1-3H3/t26-/m0/s1. The average Bonchev–Trinajstić information content (AvgIpc) is 3.23. The monoisotopic (exact) mass is 456 g/mol. The van der Waals surface area contributed by atoms with Gasteiger partial charge in [0.25, 0.3) is 5.56 Å². The Bertz CT molecular complexity index is 1460. The van der Waals surface area contributed by atoms with E-state index < -0.39 is 18.5 Å². The first-order valence-corrected chi connectivity index (χ1v) is 10.9. The molecule has 34 heavy (non-hydrogen) atoms. The maximum Gasteiger partial charge on any atom is 0.254 e. The zero-order valence-corrected chi connectivity index (χ0v) is 19.3. The fraction of sp³-hybridized carbons (Fsp3) is 0.222. The van der Waals surface area contributed by atoms with E-state index in [1.165, 1.54) is 16.8 Å². The van der Waals surface area contributed by atoms with Crippen molar-refractivity contribution in [2.24, 2.45) is 0 Å². The van der Waals surface area contributed by atoms with Crippen LogP contribution in [-0.2, 0) is 6.42 Å². The number of imidazole rings is 1. The third-order valence-electron chi connectivity index (χ3n) is 5.92. The Morgan fingerprint density at radius 3 is 2.53 bits per heavy atom. The lowest BCUT2D eigenvalue weighted by molar-refractivity contribution is 0.243. The van der Waals surface area contributed by atoms with Gasteiger partial charge in [-0.1, -0.05) is 24.3 Å². The summed E-state index contributed by atoms with van der Waals surface area (Å²) in [6, 6.07) is 13.3. The number of hydrogen-bond donors (Lipinski definition) is 1. The van der Waals surface area contributed by atoms with Crippen molar-refractivity contribution in [1.29, 1.82) is 5.26 Å². The van der Waals surface area contributed by atoms with Crippen molar-refractivity contribution >= 4 is 0 Å². The van der Waals surface area contributed by atoms with Crippen molar-refractivity contribution in [3.8, 4) is 11.8 Å². The first kappa shape index (κ1) is 23.1. The molecule has 7 heteroatoms. The Balaban J connectivity index is 1.74. The molecule has 0 amide bonds. The minimum atomic E-state index is -0.936. The van der Waals surface area contributed by atoms with Gasteiger partial charge in [-0.05, 0) is 55.7 Å². The topological polar surface area (TPSA) is 83.8 Å². The van der Waals surface area contributed by atoms with Crippen molar-refractivity contribution in [3.05, 3.63) is 116 Å². The van der Waals surface area contributed by atoms with Crippen LogP contribution in [0.1, 0.15) is 45.1 Å². The molecular weight excluding hydrogens is 431 g/mol. The fourth-order valence-electron chi connectivity index (χ4n) is 4.21. The maximum absolute atomic E-state index is 14.7. The van der Waals surface area contributed by atoms with Crippen LogP contribution in [0.3, 0.4) is 0 Å². The number of pyridine rings is 1. The summed E-state index contributed by atoms with van der Waals surface area (Å²) in [4.78, 5) is 17.6. The van der Waals surface area contributed by atoms with Crippen molar-refractivity contribution in [3.63, 3.8) is 0 Å². The zero-order valence-electron chi connectivity index (χ0n) is 19.3. The molecule has 1 N–H and O–H groups in total. The summed E-state index contributed by atoms with van der Waals surface area (Å²) in [5.41, 5.74) is 5.06. The normalized spacial score (nSPS) is 11.9. The molecule has 0 aliphatic rings. The van der Waals surface area contributed by atoms with Gasteiger partial charge in [0.2, 0.25) is 0 Å². The second kappa shape index (κ2) is 9.46. The van der Waals surface area contributed by atoms with Crippen LogP contribution in [-0.4, -0.2) is 25.8 Å². The number of benzene rings is 2. The summed E-state index contributed by atoms with van der Waals surface area (Å²) in [7, 11) is 0. The van der Waals surface area contributed by atoms with E-state index in [9.17, 15) is 19.6 Å². The van der Waals surface area contributed by atoms with E-state index in [0.717, 1.165) is 28.1 Å². The van der Waals surface area contributed by atoms with Gasteiger partial charge in [0, 0.05) is 35.6 Å². The summed E-state index contributed by atoms with van der Waals surface area (Å²) in [6.45, 7) is 5.20. The lowest BCUT2D eigenvalue weighted by Crippen LogP contribution is -2.30. The summed E-state index contributed by atoms with van der Waals surface area (Å²) in [5.74, 6) is -0.504. The molecule has 0 saturated carbocycles. The molecule has 6 nitrogen and oxygen atoms in total. The molecule has 2 aromatic heterocycles. The number of aliphatic hydroxyl groups is 1. The van der Waals surface area contributed by atoms with Crippen LogP contribution in [0.5, 0.6) is 0 Å². The molecule has 4 aromatic rings. The molecule has 172 valence electrons. The van der Waals surface area contributed by atoms with Gasteiger partial charge in [-0.25, -0.2) is 9.37 Å². The third-order valence-corrected chi connectivity index (χ3v) is 5.92. The average molecular weight is 457 g/mol. The maximum atomic E-state index is 14.7. The van der Waals surface area contributed by atoms with E-state index >= 15 is 0 Å². The molecule has 0 radical (unpaired) electrons. The van der Waals surface area contributed by atoms with E-state index in [1.54, 1.807) is 31.5 Å². The van der Waals surface area contributed by atoms with E-state index in [1.807, 2.05) is 42.8 Å². The molecule has 1 atom stereocenters. The number of nitriles is 1. The van der Waals surface area contributed by atoms with Crippen molar-refractivity contribution in [1.82, 2.24) is 14.1 Å². The Morgan fingerprint density at radius 2 is 1.91 bits per heavy atom. The van der Waals surface area contributed by atoms with E-state index in [4.69, 9.17) is 0 Å². The molecule has 0 fully saturated rings. The van der Waals surface area contributed by atoms with Crippen LogP contribution in [0.15, 0.2) is 66.0 Å². The van der Waals surface area contributed by atoms with Crippen LogP contribution in [0.4, 0.5) is 4.39 Å². The lowest BCUT2D eigenvalue weighted by Gasteiger charge is -2.20. The van der Waals surface area contributed by atoms with E-state index in [2.05, 4.69) is 11.1 Å². The van der Waals surface area contributed by atoms with Crippen LogP contribution in [0.25, 0.3) is 5.69 Å². The molecular formula is C27H25FN4O2. The molecule has 0 bridgehead atoms. The van der Waals surface area contributed by atoms with E-state index in [-0.39, 0.29) is 16.7 Å². The highest BCUT2D eigenvalue weighted by Crippen LogP contribution is 2.23. The number of nitrogens with zero attached hydrogens (tertiary/aromatic N) is 4. The van der Waals surface area contributed by atoms with Gasteiger partial charge in [-0.3, -0.25) is 4.79 Å². The van der Waals surface area contributed by atoms with Gasteiger partial charge in [-0.2, -0.15) is 5.26 Å². The Kier molecular flexibility index (Phi) is 6.44. The summed E-state index contributed by atoms with van der Waals surface area (Å²) in [5, 5.41) is 19.6. The first-order chi connectivity index (χ1) is 16.3. The Labute approximate surface area is 197 Å². The number of rotatable bonds is 6. The van der Waals surface area contributed by atoms with Gasteiger partial charge >= 0.3 is 0 Å². The summed E-state index contributed by atoms with van der Waals surface area (Å²) < 4.78 is 17.9. The number of hydrogen-bond acceptors (Lipinski definition) is 4. The highest BCUT2D eigenvalue weighted by molar-refractivity contribution is 5.44. The number of aliphatic hydroxyl groups excluding tert-OH is 1. The zero-order chi connectivity index (χ0) is 24.4. The van der Waals surface area contributed by atoms with Gasteiger partial charge in [0.1, 0.15) is 11.9 Å². The quantitative estimate of drug-likeness (QED) is 0.473. The second-order valence-corrected chi connectivity index (χ2v) is 8.52. The number of halogens is 1. The van der Waals surface area contributed by atoms with Gasteiger partial charge in [-0.15, -0.1) is 0 Å². The van der Waals surface area contributed by atoms with Crippen LogP contribution < -0.4 is 5.56 Å². The SMILES string of the molecule is Cc1ccc([C@H](CO)n2cc(C#N)cc(Cc3ccc(-n4cnc(C)c4)c(C)c3)c2=O)c(F)c1. The second-order valence-electron chi connectivity index (χ2n) is 8.52. The smallest absolute Gasteiger partial charge is 0.254 e. The van der Waals surface area contributed by atoms with Gasteiger partial charge in [0.05, 0.1) is 30.2 Å². The van der Waals surface area contributed by atoms with Crippen LogP contribution in [0.2, 0.25) is 0 Å². The molecule has 2 heterocycles. The summed E-state index contributed by atoms with van der Waals surface area (Å²) in [6.07, 6.45) is 5.37. The predicted molar refractivity (Wildman–Crippen MR) is 128 cm³/mol. The first-order valence-electron chi connectivity index (χ1n) is 10.9. The van der Waals surface area contributed by atoms with Crippen LogP contribution >= 0.6 is 0 Å². The minimum absolute atomic E-state index is 0.201. The van der Waals surface area contributed by atoms with Gasteiger partial charge < -0.3 is 14.2 Å². The van der Waals surface area contributed by atoms with E-state index in [0.29, 0.717) is 12.0 Å². The van der Waals surface area contributed by atoms with Crippen molar-refractivity contribution in [2.45, 2.75) is 33.2 Å². The Morgan fingerprint density at radius 1 is 1.12 bits per heavy atom. The van der Waals surface area contributed by atoms with Crippen molar-refractivity contribution < 1.29 is 9.50 Å². The fourth-order valence-corrected chi connectivity index (χ4v) is 4.21. The highest BCUT2D eigenvalue weighted by Gasteiger charge is 2.20. The number of aromatic nitrogens is 3. The summed E-state index contributed by atoms with van der Waals surface area (Å²) >= 11 is 0. The molecule has 0 unspecified atom stereocenters. The van der Waals surface area contributed by atoms with Crippen LogP contribution in [0, 0.1) is 37.9 Å². The molecule has 0 saturated heterocycles. The third kappa shape index (κ3) is 4.54. The number of aryl methyl sites for hydroxylation is 3. The predicted octanol–water partition coefficient (Wildman–Crippen LogP) is 4.14. The largest absolute Gasteiger partial charge is 0.394 e. The molecule has 0 spiro atoms. The Hall–Kier alpha value is -4.02. The minimum Gasteiger partial charge on any atom is -0.394 e. The molecule has 4 rings (SSSR count). The van der Waals surface area contributed by atoms with Crippen molar-refractivity contribution in [2.75, 3.05) is 6.61 Å².